The Morgan fingerprint density at radius 1 is 1.33 bits per heavy atom. The van der Waals surface area contributed by atoms with Gasteiger partial charge in [0.1, 0.15) is 17.5 Å². The van der Waals surface area contributed by atoms with E-state index in [4.69, 9.17) is 4.74 Å². The Kier molecular flexibility index (Phi) is 5.08. The van der Waals surface area contributed by atoms with Crippen LogP contribution in [-0.4, -0.2) is 32.7 Å². The van der Waals surface area contributed by atoms with Crippen molar-refractivity contribution in [2.45, 2.75) is 56.5 Å². The van der Waals surface area contributed by atoms with Gasteiger partial charge in [0, 0.05) is 11.9 Å². The molecule has 0 bridgehead atoms. The van der Waals surface area contributed by atoms with Crippen LogP contribution < -0.4 is 0 Å². The Morgan fingerprint density at radius 3 is 2.43 bits per heavy atom. The summed E-state index contributed by atoms with van der Waals surface area (Å²) in [6.07, 6.45) is -1.64. The number of hydrogen-bond acceptors (Lipinski definition) is 3. The van der Waals surface area contributed by atoms with Crippen LogP contribution in [0.1, 0.15) is 37.2 Å². The van der Waals surface area contributed by atoms with Gasteiger partial charge in [-0.1, -0.05) is 0 Å². The summed E-state index contributed by atoms with van der Waals surface area (Å²) >= 11 is 0. The molecule has 1 saturated carbocycles. The van der Waals surface area contributed by atoms with Crippen molar-refractivity contribution in [2.24, 2.45) is 5.92 Å². The van der Waals surface area contributed by atoms with Gasteiger partial charge in [0.15, 0.2) is 0 Å². The number of aromatic amines is 1. The second kappa shape index (κ2) is 6.48. The quantitative estimate of drug-likeness (QED) is 0.926. The third kappa shape index (κ3) is 4.29. The molecule has 1 atom stereocenters. The van der Waals surface area contributed by atoms with Crippen molar-refractivity contribution in [1.82, 2.24) is 9.97 Å². The van der Waals surface area contributed by atoms with Crippen LogP contribution in [0.2, 0.25) is 0 Å². The van der Waals surface area contributed by atoms with Crippen LogP contribution >= 0.6 is 0 Å². The van der Waals surface area contributed by atoms with Gasteiger partial charge in [-0.15, -0.1) is 0 Å². The van der Waals surface area contributed by atoms with E-state index in [1.807, 2.05) is 0 Å². The third-order valence-electron chi connectivity index (χ3n) is 3.75. The van der Waals surface area contributed by atoms with Crippen LogP contribution in [0.3, 0.4) is 0 Å². The van der Waals surface area contributed by atoms with Gasteiger partial charge in [-0.25, -0.2) is 4.98 Å². The molecule has 0 saturated heterocycles. The fraction of sp³-hybridized carbons (Fsp3) is 0.769. The zero-order valence-corrected chi connectivity index (χ0v) is 12.8. The van der Waals surface area contributed by atoms with Crippen molar-refractivity contribution in [3.05, 3.63) is 11.5 Å². The molecule has 0 amide bonds. The number of aromatic nitrogens is 2. The average Bonchev–Trinajstić information content (AvgIpc) is 2.77. The van der Waals surface area contributed by atoms with Gasteiger partial charge in [0.2, 0.25) is 0 Å². The van der Waals surface area contributed by atoms with Crippen LogP contribution in [0.4, 0.5) is 13.2 Å². The Balaban J connectivity index is 1.82. The molecule has 1 aliphatic carbocycles. The first-order valence-corrected chi connectivity index (χ1v) is 8.40. The van der Waals surface area contributed by atoms with Crippen molar-refractivity contribution in [2.75, 3.05) is 6.26 Å². The van der Waals surface area contributed by atoms with Crippen LogP contribution in [0.15, 0.2) is 5.03 Å². The lowest BCUT2D eigenvalue weighted by atomic mass is 9.87. The first-order valence-electron chi connectivity index (χ1n) is 6.84. The number of hydrogen-bond donors (Lipinski definition) is 1. The topological polar surface area (TPSA) is 55.0 Å². The number of H-pyrrole nitrogens is 1. The minimum atomic E-state index is -4.09. The molecule has 0 aromatic carbocycles. The van der Waals surface area contributed by atoms with Gasteiger partial charge in [-0.3, -0.25) is 4.21 Å². The number of nitrogens with one attached hydrogen (secondary N) is 1. The molecule has 0 radical (unpaired) electrons. The van der Waals surface area contributed by atoms with E-state index >= 15 is 0 Å². The van der Waals surface area contributed by atoms with Crippen molar-refractivity contribution >= 4 is 10.8 Å². The minimum absolute atomic E-state index is 0.121. The second-order valence-corrected chi connectivity index (χ2v) is 6.69. The minimum Gasteiger partial charge on any atom is -0.370 e. The normalized spacial score (nSPS) is 25.0. The lowest BCUT2D eigenvalue weighted by molar-refractivity contribution is -0.188. The van der Waals surface area contributed by atoms with Crippen LogP contribution in [0.25, 0.3) is 0 Å². The molecule has 120 valence electrons. The Bertz CT molecular complexity index is 508. The molecule has 1 heterocycles. The summed E-state index contributed by atoms with van der Waals surface area (Å²) in [4.78, 5) is 7.18. The molecule has 21 heavy (non-hydrogen) atoms. The number of alkyl halides is 3. The first kappa shape index (κ1) is 16.5. The number of rotatable bonds is 4. The molecule has 4 nitrogen and oxygen atoms in total. The van der Waals surface area contributed by atoms with E-state index in [0.717, 1.165) is 5.69 Å². The van der Waals surface area contributed by atoms with Crippen molar-refractivity contribution < 1.29 is 22.1 Å². The first-order chi connectivity index (χ1) is 9.77. The summed E-state index contributed by atoms with van der Waals surface area (Å²) in [5, 5.41) is 0.495. The third-order valence-corrected chi connectivity index (χ3v) is 4.70. The van der Waals surface area contributed by atoms with Crippen LogP contribution in [0, 0.1) is 12.8 Å². The zero-order chi connectivity index (χ0) is 15.6. The predicted molar refractivity (Wildman–Crippen MR) is 72.2 cm³/mol. The lowest BCUT2D eigenvalue weighted by Crippen LogP contribution is -2.30. The zero-order valence-electron chi connectivity index (χ0n) is 12.0. The highest BCUT2D eigenvalue weighted by molar-refractivity contribution is 7.84. The number of halogens is 3. The lowest BCUT2D eigenvalue weighted by Gasteiger charge is -2.29. The maximum absolute atomic E-state index is 12.6. The molecular formula is C13H19F3N2O2S. The fourth-order valence-corrected chi connectivity index (χ4v) is 3.33. The highest BCUT2D eigenvalue weighted by Crippen LogP contribution is 2.38. The molecule has 1 unspecified atom stereocenters. The van der Waals surface area contributed by atoms with E-state index in [1.165, 1.54) is 0 Å². The van der Waals surface area contributed by atoms with E-state index in [9.17, 15) is 17.4 Å². The van der Waals surface area contributed by atoms with E-state index in [0.29, 0.717) is 23.7 Å². The molecule has 2 rings (SSSR count). The second-order valence-electron chi connectivity index (χ2n) is 5.39. The van der Waals surface area contributed by atoms with Gasteiger partial charge in [-0.2, -0.15) is 13.2 Å². The Morgan fingerprint density at radius 2 is 1.95 bits per heavy atom. The van der Waals surface area contributed by atoms with Gasteiger partial charge >= 0.3 is 6.18 Å². The monoisotopic (exact) mass is 324 g/mol. The molecule has 0 aliphatic heterocycles. The molecular weight excluding hydrogens is 305 g/mol. The number of nitrogens with zero attached hydrogens (tertiary/aromatic N) is 1. The standard InChI is InChI=1S/C13H19F3N2O2S/c1-8-12(21(2)19)18-11(17-8)7-20-10-5-3-9(4-6-10)13(14,15)16/h9-10H,3-7H2,1-2H3,(H,17,18). The van der Waals surface area contributed by atoms with Gasteiger partial charge in [-0.05, 0) is 32.6 Å². The Hall–Kier alpha value is -0.890. The molecule has 1 aromatic rings. The summed E-state index contributed by atoms with van der Waals surface area (Å²) in [5.74, 6) is -0.632. The van der Waals surface area contributed by atoms with Crippen LogP contribution in [0.5, 0.6) is 0 Å². The largest absolute Gasteiger partial charge is 0.391 e. The fourth-order valence-electron chi connectivity index (χ4n) is 2.61. The average molecular weight is 324 g/mol. The number of ether oxygens (including phenoxy) is 1. The maximum atomic E-state index is 12.6. The van der Waals surface area contributed by atoms with Gasteiger partial charge < -0.3 is 9.72 Å². The van der Waals surface area contributed by atoms with Gasteiger partial charge in [0.25, 0.3) is 0 Å². The van der Waals surface area contributed by atoms with Crippen molar-refractivity contribution in [3.63, 3.8) is 0 Å². The molecule has 1 N–H and O–H groups in total. The molecule has 8 heteroatoms. The number of aryl methyl sites for hydroxylation is 1. The van der Waals surface area contributed by atoms with Crippen molar-refractivity contribution in [1.29, 1.82) is 0 Å². The summed E-state index contributed by atoms with van der Waals surface area (Å²) in [7, 11) is -1.17. The SMILES string of the molecule is Cc1[nH]c(COC2CCC(C(F)(F)F)CC2)nc1S(C)=O. The summed E-state index contributed by atoms with van der Waals surface area (Å²) in [6.45, 7) is 1.99. The summed E-state index contributed by atoms with van der Waals surface area (Å²) in [6, 6.07) is 0. The summed E-state index contributed by atoms with van der Waals surface area (Å²) in [5.41, 5.74) is 0.732. The number of imidazole rings is 1. The highest BCUT2D eigenvalue weighted by Gasteiger charge is 2.41. The highest BCUT2D eigenvalue weighted by atomic mass is 32.2. The molecule has 1 fully saturated rings. The molecule has 1 aromatic heterocycles. The van der Waals surface area contributed by atoms with E-state index in [-0.39, 0.29) is 25.6 Å². The van der Waals surface area contributed by atoms with Crippen LogP contribution in [-0.2, 0) is 22.1 Å². The maximum Gasteiger partial charge on any atom is 0.391 e. The Labute approximate surface area is 123 Å². The van der Waals surface area contributed by atoms with E-state index < -0.39 is 22.9 Å². The van der Waals surface area contributed by atoms with Gasteiger partial charge in [0.05, 0.1) is 22.8 Å². The summed E-state index contributed by atoms with van der Waals surface area (Å²) < 4.78 is 54.7. The van der Waals surface area contributed by atoms with E-state index in [1.54, 1.807) is 13.2 Å². The van der Waals surface area contributed by atoms with E-state index in [2.05, 4.69) is 9.97 Å². The smallest absolute Gasteiger partial charge is 0.370 e. The molecule has 1 aliphatic rings. The predicted octanol–water partition coefficient (Wildman–Crippen LogP) is 3.09. The molecule has 0 spiro atoms. The van der Waals surface area contributed by atoms with Crippen molar-refractivity contribution in [3.8, 4) is 0 Å².